The Hall–Kier alpha value is -1.68. The number of carbonyl (C=O) groups is 1. The Morgan fingerprint density at radius 1 is 1.52 bits per heavy atom. The molecular weight excluding hydrogens is 291 g/mol. The third-order valence-electron chi connectivity index (χ3n) is 3.88. The highest BCUT2D eigenvalue weighted by atomic mass is 35.5. The predicted molar refractivity (Wildman–Crippen MR) is 82.9 cm³/mol. The molecule has 0 saturated carbocycles. The van der Waals surface area contributed by atoms with E-state index in [0.29, 0.717) is 18.0 Å². The van der Waals surface area contributed by atoms with Gasteiger partial charge in [-0.2, -0.15) is 0 Å². The number of hydrogen-bond donors (Lipinski definition) is 0. The van der Waals surface area contributed by atoms with Gasteiger partial charge in [0.1, 0.15) is 12.5 Å². The van der Waals surface area contributed by atoms with Crippen LogP contribution in [0.3, 0.4) is 0 Å². The minimum absolute atomic E-state index is 0.259. The molecule has 1 aromatic carbocycles. The molecule has 0 amide bonds. The maximum Gasteiger partial charge on any atom is 0.124 e. The van der Waals surface area contributed by atoms with Crippen molar-refractivity contribution in [3.05, 3.63) is 35.0 Å². The van der Waals surface area contributed by atoms with Gasteiger partial charge in [-0.1, -0.05) is 11.6 Å². The third-order valence-corrected chi connectivity index (χ3v) is 4.19. The van der Waals surface area contributed by atoms with E-state index in [9.17, 15) is 9.18 Å². The molecule has 0 aliphatic carbocycles. The lowest BCUT2D eigenvalue weighted by Crippen LogP contribution is -2.37. The van der Waals surface area contributed by atoms with E-state index in [4.69, 9.17) is 11.6 Å². The fourth-order valence-corrected chi connectivity index (χ4v) is 3.25. The van der Waals surface area contributed by atoms with Gasteiger partial charge in [0.05, 0.1) is 16.2 Å². The minimum Gasteiger partial charge on any atom is -0.367 e. The largest absolute Gasteiger partial charge is 0.367 e. The van der Waals surface area contributed by atoms with Gasteiger partial charge in [0, 0.05) is 31.1 Å². The van der Waals surface area contributed by atoms with Crippen molar-refractivity contribution < 1.29 is 9.18 Å². The molecule has 3 nitrogen and oxygen atoms in total. The third kappa shape index (κ3) is 2.72. The van der Waals surface area contributed by atoms with E-state index in [-0.39, 0.29) is 6.42 Å². The number of pyridine rings is 1. The molecule has 1 fully saturated rings. The van der Waals surface area contributed by atoms with Gasteiger partial charge in [0.2, 0.25) is 0 Å². The molecular formula is C16H16ClFN2O. The van der Waals surface area contributed by atoms with Gasteiger partial charge in [-0.15, -0.1) is 0 Å². The van der Waals surface area contributed by atoms with E-state index in [2.05, 4.69) is 4.98 Å². The van der Waals surface area contributed by atoms with Crippen LogP contribution in [-0.2, 0) is 11.2 Å². The van der Waals surface area contributed by atoms with Crippen LogP contribution in [-0.4, -0.2) is 30.5 Å². The Morgan fingerprint density at radius 3 is 3.14 bits per heavy atom. The minimum atomic E-state index is -0.836. The fourth-order valence-electron chi connectivity index (χ4n) is 2.96. The van der Waals surface area contributed by atoms with E-state index in [1.54, 1.807) is 12.3 Å². The smallest absolute Gasteiger partial charge is 0.124 e. The number of nitrogens with zero attached hydrogens (tertiary/aromatic N) is 2. The van der Waals surface area contributed by atoms with E-state index in [1.165, 1.54) is 0 Å². The van der Waals surface area contributed by atoms with Crippen LogP contribution in [0.4, 0.5) is 10.1 Å². The maximum absolute atomic E-state index is 13.8. The van der Waals surface area contributed by atoms with Gasteiger partial charge in [-0.05, 0) is 36.6 Å². The first kappa shape index (κ1) is 14.3. The molecule has 1 unspecified atom stereocenters. The highest BCUT2D eigenvalue weighted by Crippen LogP contribution is 2.36. The summed E-state index contributed by atoms with van der Waals surface area (Å²) in [6, 6.07) is 5.53. The Labute approximate surface area is 127 Å². The number of halogens is 2. The quantitative estimate of drug-likeness (QED) is 0.813. The summed E-state index contributed by atoms with van der Waals surface area (Å²) in [6.45, 7) is 1.12. The van der Waals surface area contributed by atoms with Crippen molar-refractivity contribution in [2.75, 3.05) is 18.0 Å². The molecule has 3 rings (SSSR count). The number of benzene rings is 1. The molecule has 1 aliphatic heterocycles. The monoisotopic (exact) mass is 306 g/mol. The Balaban J connectivity index is 2.19. The van der Waals surface area contributed by atoms with Crippen molar-refractivity contribution in [2.24, 2.45) is 0 Å². The zero-order chi connectivity index (χ0) is 14.8. The summed E-state index contributed by atoms with van der Waals surface area (Å²) in [6.07, 6.45) is 3.37. The van der Waals surface area contributed by atoms with Crippen LogP contribution in [0.5, 0.6) is 0 Å². The maximum atomic E-state index is 13.8. The van der Waals surface area contributed by atoms with Crippen LogP contribution in [0.2, 0.25) is 5.02 Å². The molecule has 0 bridgehead atoms. The molecule has 110 valence electrons. The van der Waals surface area contributed by atoms with E-state index in [0.717, 1.165) is 41.4 Å². The average molecular weight is 307 g/mol. The number of fused-ring (bicyclic) bond motifs is 1. The predicted octanol–water partition coefficient (Wildman–Crippen LogP) is 3.57. The second-order valence-electron chi connectivity index (χ2n) is 5.32. The molecule has 0 spiro atoms. The SMILES string of the molecule is O=CCc1cc(Cl)c2cccnc2c1N1CCCC(F)C1. The molecule has 1 aliphatic rings. The van der Waals surface area contributed by atoms with E-state index >= 15 is 0 Å². The normalized spacial score (nSPS) is 19.0. The molecule has 1 aromatic heterocycles. The first-order valence-corrected chi connectivity index (χ1v) is 7.47. The standard InChI is InChI=1S/C16H16ClFN2O/c17-14-9-11(5-8-21)16(15-13(14)4-1-6-19-15)20-7-2-3-12(18)10-20/h1,4,6,8-9,12H,2-3,5,7,10H2. The van der Waals surface area contributed by atoms with Crippen LogP contribution in [0.1, 0.15) is 18.4 Å². The van der Waals surface area contributed by atoms with Crippen molar-refractivity contribution in [1.82, 2.24) is 4.98 Å². The number of aromatic nitrogens is 1. The lowest BCUT2D eigenvalue weighted by Gasteiger charge is -2.33. The summed E-state index contributed by atoms with van der Waals surface area (Å²) in [5, 5.41) is 1.41. The number of alkyl halides is 1. The Morgan fingerprint density at radius 2 is 2.38 bits per heavy atom. The number of piperidine rings is 1. The number of anilines is 1. The van der Waals surface area contributed by atoms with E-state index in [1.807, 2.05) is 17.0 Å². The number of hydrogen-bond acceptors (Lipinski definition) is 3. The topological polar surface area (TPSA) is 33.2 Å². The molecule has 0 N–H and O–H groups in total. The lowest BCUT2D eigenvalue weighted by atomic mass is 10.0. The first-order valence-electron chi connectivity index (χ1n) is 7.09. The van der Waals surface area contributed by atoms with Gasteiger partial charge in [0.25, 0.3) is 0 Å². The summed E-state index contributed by atoms with van der Waals surface area (Å²) < 4.78 is 13.8. The van der Waals surface area contributed by atoms with Crippen LogP contribution in [0, 0.1) is 0 Å². The zero-order valence-corrected chi connectivity index (χ0v) is 12.3. The Kier molecular flexibility index (Phi) is 4.06. The summed E-state index contributed by atoms with van der Waals surface area (Å²) in [5.41, 5.74) is 2.41. The Bertz CT molecular complexity index is 677. The molecule has 1 atom stereocenters. The summed E-state index contributed by atoms with van der Waals surface area (Å²) >= 11 is 6.29. The molecule has 1 saturated heterocycles. The molecule has 21 heavy (non-hydrogen) atoms. The van der Waals surface area contributed by atoms with Gasteiger partial charge in [-0.25, -0.2) is 4.39 Å². The van der Waals surface area contributed by atoms with Crippen molar-refractivity contribution in [2.45, 2.75) is 25.4 Å². The highest BCUT2D eigenvalue weighted by molar-refractivity contribution is 6.36. The van der Waals surface area contributed by atoms with Crippen molar-refractivity contribution in [3.63, 3.8) is 0 Å². The van der Waals surface area contributed by atoms with E-state index < -0.39 is 6.17 Å². The number of carbonyl (C=O) groups excluding carboxylic acids is 1. The summed E-state index contributed by atoms with van der Waals surface area (Å²) in [4.78, 5) is 17.4. The summed E-state index contributed by atoms with van der Waals surface area (Å²) in [5.74, 6) is 0. The lowest BCUT2D eigenvalue weighted by molar-refractivity contribution is -0.107. The van der Waals surface area contributed by atoms with Crippen molar-refractivity contribution >= 4 is 34.5 Å². The van der Waals surface area contributed by atoms with Gasteiger partial charge >= 0.3 is 0 Å². The van der Waals surface area contributed by atoms with Crippen molar-refractivity contribution in [3.8, 4) is 0 Å². The highest BCUT2D eigenvalue weighted by Gasteiger charge is 2.24. The van der Waals surface area contributed by atoms with Gasteiger partial charge in [-0.3, -0.25) is 4.98 Å². The fraction of sp³-hybridized carbons (Fsp3) is 0.375. The van der Waals surface area contributed by atoms with Gasteiger partial charge < -0.3 is 9.69 Å². The van der Waals surface area contributed by atoms with Crippen LogP contribution in [0.25, 0.3) is 10.9 Å². The molecule has 0 radical (unpaired) electrons. The molecule has 2 heterocycles. The van der Waals surface area contributed by atoms with Crippen LogP contribution >= 0.6 is 11.6 Å². The van der Waals surface area contributed by atoms with Gasteiger partial charge in [0.15, 0.2) is 0 Å². The number of aldehydes is 1. The van der Waals surface area contributed by atoms with Crippen LogP contribution < -0.4 is 4.90 Å². The number of rotatable bonds is 3. The molecule has 5 heteroatoms. The summed E-state index contributed by atoms with van der Waals surface area (Å²) in [7, 11) is 0. The van der Waals surface area contributed by atoms with Crippen molar-refractivity contribution in [1.29, 1.82) is 0 Å². The molecule has 2 aromatic rings. The second kappa shape index (κ2) is 5.98. The van der Waals surface area contributed by atoms with Crippen LogP contribution in [0.15, 0.2) is 24.4 Å². The first-order chi connectivity index (χ1) is 10.2. The zero-order valence-electron chi connectivity index (χ0n) is 11.6. The average Bonchev–Trinajstić information content (AvgIpc) is 2.48. The second-order valence-corrected chi connectivity index (χ2v) is 5.73.